The fourth-order valence-electron chi connectivity index (χ4n) is 8.04. The number of fused-ring (bicyclic) bond motifs is 4. The molecule has 0 radical (unpaired) electrons. The highest BCUT2D eigenvalue weighted by Crippen LogP contribution is 2.64. The van der Waals surface area contributed by atoms with Crippen LogP contribution in [0.25, 0.3) is 0 Å². The van der Waals surface area contributed by atoms with Crippen LogP contribution in [0.15, 0.2) is 72.4 Å². The number of hydrogen-bond donors (Lipinski definition) is 3. The number of hydrazine groups is 1. The van der Waals surface area contributed by atoms with Gasteiger partial charge in [0.1, 0.15) is 5.75 Å². The quantitative estimate of drug-likeness (QED) is 0.246. The Morgan fingerprint density at radius 1 is 0.980 bits per heavy atom. The number of carbonyl (C=O) groups is 5. The summed E-state index contributed by atoms with van der Waals surface area (Å²) in [6.45, 7) is 0. The molecule has 0 unspecified atom stereocenters. The standard InChI is InChI=1S/C33H24Cl2F3N5O6/c34-17-5-3-15(4-6-17)32-22(28(46)43(30(32)48)41-26-23(35)11-16(13-40-26)33(36,37)38)12-21-19(25(32)14-1-7-18(44)8-2-14)9-10-20-24(21)29(47)42(27(20)45)31(39)49/h1-9,11,13,20-22,24-25,44H,10,12H2,(H2,39,49)(H,40,41)/t20-,21+,22-,24-,25-,32+/m0/s1. The van der Waals surface area contributed by atoms with Gasteiger partial charge in [0.15, 0.2) is 5.82 Å². The number of aromatic hydroxyl groups is 1. The van der Waals surface area contributed by atoms with Crippen molar-refractivity contribution in [2.45, 2.75) is 30.4 Å². The van der Waals surface area contributed by atoms with Crippen LogP contribution in [-0.4, -0.2) is 49.7 Å². The Hall–Kier alpha value is -4.95. The van der Waals surface area contributed by atoms with E-state index in [1.165, 1.54) is 12.1 Å². The number of allylic oxidation sites excluding steroid dienone is 2. The van der Waals surface area contributed by atoms with Crippen molar-refractivity contribution >= 4 is 58.7 Å². The minimum Gasteiger partial charge on any atom is -0.508 e. The van der Waals surface area contributed by atoms with E-state index in [0.29, 0.717) is 43.9 Å². The van der Waals surface area contributed by atoms with Gasteiger partial charge in [-0.2, -0.15) is 23.1 Å². The summed E-state index contributed by atoms with van der Waals surface area (Å²) in [7, 11) is 0. The number of pyridine rings is 1. The number of amides is 6. The lowest BCUT2D eigenvalue weighted by molar-refractivity contribution is -0.140. The van der Waals surface area contributed by atoms with Gasteiger partial charge in [-0.1, -0.05) is 59.1 Å². The molecule has 7 rings (SSSR count). The minimum absolute atomic E-state index is 0.0377. The number of anilines is 1. The van der Waals surface area contributed by atoms with Crippen molar-refractivity contribution in [3.05, 3.63) is 99.2 Å². The Morgan fingerprint density at radius 2 is 1.65 bits per heavy atom. The van der Waals surface area contributed by atoms with Crippen molar-refractivity contribution in [1.82, 2.24) is 14.9 Å². The van der Waals surface area contributed by atoms with E-state index in [2.05, 4.69) is 10.4 Å². The lowest BCUT2D eigenvalue weighted by Crippen LogP contribution is -2.53. The van der Waals surface area contributed by atoms with Gasteiger partial charge < -0.3 is 10.8 Å². The van der Waals surface area contributed by atoms with E-state index in [4.69, 9.17) is 28.9 Å². The summed E-state index contributed by atoms with van der Waals surface area (Å²) < 4.78 is 40.0. The number of urea groups is 1. The topological polar surface area (TPSA) is 163 Å². The first-order valence-corrected chi connectivity index (χ1v) is 15.7. The lowest BCUT2D eigenvalue weighted by Gasteiger charge is -2.50. The largest absolute Gasteiger partial charge is 0.508 e. The number of phenols is 1. The molecule has 2 aliphatic carbocycles. The number of halogens is 5. The van der Waals surface area contributed by atoms with E-state index in [-0.39, 0.29) is 18.6 Å². The van der Waals surface area contributed by atoms with Crippen LogP contribution in [0.1, 0.15) is 35.4 Å². The first kappa shape index (κ1) is 32.6. The van der Waals surface area contributed by atoms with Gasteiger partial charge in [-0.3, -0.25) is 24.6 Å². The molecule has 0 bridgehead atoms. The third-order valence-electron chi connectivity index (χ3n) is 10.0. The van der Waals surface area contributed by atoms with Crippen LogP contribution in [0, 0.1) is 23.7 Å². The molecule has 4 N–H and O–H groups in total. The van der Waals surface area contributed by atoms with E-state index >= 15 is 4.79 Å². The Morgan fingerprint density at radius 3 is 2.27 bits per heavy atom. The van der Waals surface area contributed by atoms with Crippen LogP contribution in [-0.2, 0) is 30.8 Å². The van der Waals surface area contributed by atoms with E-state index in [0.717, 1.165) is 0 Å². The van der Waals surface area contributed by atoms with Crippen molar-refractivity contribution in [2.75, 3.05) is 5.43 Å². The number of primary amides is 1. The third-order valence-corrected chi connectivity index (χ3v) is 10.5. The molecule has 4 aliphatic rings. The summed E-state index contributed by atoms with van der Waals surface area (Å²) >= 11 is 12.4. The maximum Gasteiger partial charge on any atom is 0.417 e. The molecule has 3 fully saturated rings. The second-order valence-corrected chi connectivity index (χ2v) is 13.2. The van der Waals surface area contributed by atoms with Crippen LogP contribution in [0.5, 0.6) is 5.75 Å². The molecule has 2 saturated heterocycles. The van der Waals surface area contributed by atoms with E-state index < -0.39 is 87.2 Å². The molecular formula is C33H24Cl2F3N5O6. The van der Waals surface area contributed by atoms with Crippen molar-refractivity contribution in [2.24, 2.45) is 29.4 Å². The second kappa shape index (κ2) is 11.3. The van der Waals surface area contributed by atoms with Gasteiger partial charge >= 0.3 is 12.2 Å². The third kappa shape index (κ3) is 4.79. The number of nitrogens with one attached hydrogen (secondary N) is 1. The van der Waals surface area contributed by atoms with Crippen LogP contribution in [0.4, 0.5) is 23.8 Å². The molecule has 0 spiro atoms. The normalized spacial score (nSPS) is 27.9. The van der Waals surface area contributed by atoms with Gasteiger partial charge in [0, 0.05) is 17.1 Å². The number of phenolic OH excluding ortho intramolecular Hbond substituents is 1. The smallest absolute Gasteiger partial charge is 0.417 e. The molecule has 6 amide bonds. The van der Waals surface area contributed by atoms with E-state index in [9.17, 15) is 37.5 Å². The Kier molecular flexibility index (Phi) is 7.52. The van der Waals surface area contributed by atoms with Crippen LogP contribution in [0.3, 0.4) is 0 Å². The molecular weight excluding hydrogens is 690 g/mol. The number of aromatic nitrogens is 1. The molecule has 2 aromatic carbocycles. The summed E-state index contributed by atoms with van der Waals surface area (Å²) in [5.74, 6) is -8.67. The van der Waals surface area contributed by atoms with Crippen LogP contribution < -0.4 is 11.2 Å². The highest BCUT2D eigenvalue weighted by atomic mass is 35.5. The molecule has 6 atom stereocenters. The van der Waals surface area contributed by atoms with Crippen LogP contribution >= 0.6 is 23.2 Å². The number of carbonyl (C=O) groups excluding carboxylic acids is 5. The van der Waals surface area contributed by atoms with Crippen molar-refractivity contribution in [1.29, 1.82) is 0 Å². The number of rotatable bonds is 4. The predicted molar refractivity (Wildman–Crippen MR) is 166 cm³/mol. The molecule has 2 aliphatic heterocycles. The summed E-state index contributed by atoms with van der Waals surface area (Å²) in [5.41, 5.74) is 6.46. The number of alkyl halides is 3. The molecule has 49 heavy (non-hydrogen) atoms. The van der Waals surface area contributed by atoms with Gasteiger partial charge in [-0.25, -0.2) is 9.78 Å². The molecule has 1 saturated carbocycles. The fourth-order valence-corrected chi connectivity index (χ4v) is 8.38. The molecule has 16 heteroatoms. The Bertz CT molecular complexity index is 1990. The maximum absolute atomic E-state index is 15.0. The van der Waals surface area contributed by atoms with Gasteiger partial charge in [-0.05, 0) is 60.2 Å². The summed E-state index contributed by atoms with van der Waals surface area (Å²) in [6, 6.07) is 11.6. The summed E-state index contributed by atoms with van der Waals surface area (Å²) in [6.07, 6.45) is -2.60. The number of imide groups is 4. The number of hydrogen-bond acceptors (Lipinski definition) is 8. The fraction of sp³-hybridized carbons (Fsp3) is 0.273. The number of nitrogens with two attached hydrogens (primary N) is 1. The average molecular weight is 714 g/mol. The molecule has 11 nitrogen and oxygen atoms in total. The second-order valence-electron chi connectivity index (χ2n) is 12.4. The number of nitrogens with zero attached hydrogens (tertiary/aromatic N) is 3. The zero-order valence-corrected chi connectivity index (χ0v) is 26.5. The van der Waals surface area contributed by atoms with E-state index in [1.807, 2.05) is 0 Å². The Balaban J connectivity index is 1.43. The summed E-state index contributed by atoms with van der Waals surface area (Å²) in [4.78, 5) is 72.7. The highest BCUT2D eigenvalue weighted by molar-refractivity contribution is 6.33. The van der Waals surface area contributed by atoms with Gasteiger partial charge in [0.25, 0.3) is 11.8 Å². The zero-order valence-electron chi connectivity index (χ0n) is 24.9. The van der Waals surface area contributed by atoms with Crippen LogP contribution in [0.2, 0.25) is 10.0 Å². The average Bonchev–Trinajstić information content (AvgIpc) is 3.43. The zero-order chi connectivity index (χ0) is 35.2. The number of likely N-dealkylation sites (tertiary alicyclic amines) is 1. The highest BCUT2D eigenvalue weighted by Gasteiger charge is 2.70. The van der Waals surface area contributed by atoms with Crippen molar-refractivity contribution in [3.63, 3.8) is 0 Å². The van der Waals surface area contributed by atoms with Crippen molar-refractivity contribution in [3.8, 4) is 5.75 Å². The molecule has 1 aromatic heterocycles. The predicted octanol–water partition coefficient (Wildman–Crippen LogP) is 5.18. The Labute approximate surface area is 285 Å². The lowest BCUT2D eigenvalue weighted by atomic mass is 9.49. The van der Waals surface area contributed by atoms with Gasteiger partial charge in [-0.15, -0.1) is 0 Å². The summed E-state index contributed by atoms with van der Waals surface area (Å²) in [5, 5.41) is 10.6. The first-order valence-electron chi connectivity index (χ1n) is 15.0. The van der Waals surface area contributed by atoms with Gasteiger partial charge in [0.2, 0.25) is 11.8 Å². The van der Waals surface area contributed by atoms with E-state index in [1.54, 1.807) is 42.5 Å². The molecule has 3 heterocycles. The SMILES string of the molecule is NC(=O)N1C(=O)[C@H]2[C@H](CC=C3[C@H]2C[C@H]2C(=O)N(Nc4ncc(C(F)(F)F)cc4Cl)C(=O)[C@@]2(c2ccc(Cl)cc2)[C@H]3c2ccc(O)cc2)C1=O. The maximum atomic E-state index is 15.0. The molecule has 3 aromatic rings. The van der Waals surface area contributed by atoms with Gasteiger partial charge in [0.05, 0.1) is 33.8 Å². The minimum atomic E-state index is -4.76. The molecule has 252 valence electrons. The van der Waals surface area contributed by atoms with Crippen molar-refractivity contribution < 1.29 is 42.3 Å². The first-order chi connectivity index (χ1) is 23.2. The monoisotopic (exact) mass is 713 g/mol. The number of benzene rings is 2.